The number of aromatic nitrogens is 3. The lowest BCUT2D eigenvalue weighted by Crippen LogP contribution is -2.28. The van der Waals surface area contributed by atoms with Crippen molar-refractivity contribution in [2.24, 2.45) is 0 Å². The number of para-hydroxylation sites is 1. The zero-order valence-corrected chi connectivity index (χ0v) is 14.5. The van der Waals surface area contributed by atoms with Crippen LogP contribution in [-0.4, -0.2) is 20.7 Å². The van der Waals surface area contributed by atoms with Crippen molar-refractivity contribution in [1.82, 2.24) is 20.1 Å². The van der Waals surface area contributed by atoms with Gasteiger partial charge in [-0.25, -0.2) is 0 Å². The van der Waals surface area contributed by atoms with Crippen molar-refractivity contribution in [2.45, 2.75) is 25.8 Å². The van der Waals surface area contributed by atoms with Crippen molar-refractivity contribution in [3.05, 3.63) is 77.9 Å². The second-order valence-corrected chi connectivity index (χ2v) is 5.94. The minimum absolute atomic E-state index is 0.192. The average Bonchev–Trinajstić information content (AvgIpc) is 3.14. The SMILES string of the molecule is Cc1ccccc1[C@@H](C#N)NC(=O)CCc1nncn1-c1ccccc1. The third-order valence-corrected chi connectivity index (χ3v) is 4.16. The summed E-state index contributed by atoms with van der Waals surface area (Å²) in [4.78, 5) is 12.3. The highest BCUT2D eigenvalue weighted by Crippen LogP contribution is 2.17. The van der Waals surface area contributed by atoms with Gasteiger partial charge in [-0.05, 0) is 30.2 Å². The Morgan fingerprint density at radius 1 is 1.19 bits per heavy atom. The number of carbonyl (C=O) groups excluding carboxylic acids is 1. The molecule has 130 valence electrons. The maximum absolute atomic E-state index is 12.3. The molecule has 3 rings (SSSR count). The lowest BCUT2D eigenvalue weighted by molar-refractivity contribution is -0.121. The Morgan fingerprint density at radius 2 is 1.92 bits per heavy atom. The smallest absolute Gasteiger partial charge is 0.221 e. The predicted octanol–water partition coefficient (Wildman–Crippen LogP) is 2.89. The fraction of sp³-hybridized carbons (Fsp3) is 0.200. The van der Waals surface area contributed by atoms with Crippen molar-refractivity contribution in [2.75, 3.05) is 0 Å². The van der Waals surface area contributed by atoms with E-state index in [2.05, 4.69) is 21.6 Å². The normalized spacial score (nSPS) is 11.5. The highest BCUT2D eigenvalue weighted by atomic mass is 16.1. The molecule has 0 bridgehead atoms. The van der Waals surface area contributed by atoms with Gasteiger partial charge in [0.05, 0.1) is 6.07 Å². The van der Waals surface area contributed by atoms with Crippen molar-refractivity contribution in [1.29, 1.82) is 5.26 Å². The Hall–Kier alpha value is -3.46. The van der Waals surface area contributed by atoms with Crippen LogP contribution in [0.15, 0.2) is 60.9 Å². The van der Waals surface area contributed by atoms with Crippen LogP contribution in [0.1, 0.15) is 29.4 Å². The van der Waals surface area contributed by atoms with E-state index in [1.807, 2.05) is 66.1 Å². The summed E-state index contributed by atoms with van der Waals surface area (Å²) in [6, 6.07) is 18.8. The molecule has 0 unspecified atom stereocenters. The van der Waals surface area contributed by atoms with E-state index < -0.39 is 6.04 Å². The van der Waals surface area contributed by atoms with Gasteiger partial charge in [0, 0.05) is 18.5 Å². The van der Waals surface area contributed by atoms with Gasteiger partial charge in [0.25, 0.3) is 0 Å². The number of amides is 1. The molecular formula is C20H19N5O. The monoisotopic (exact) mass is 345 g/mol. The van der Waals surface area contributed by atoms with Gasteiger partial charge in [-0.2, -0.15) is 5.26 Å². The molecule has 1 amide bonds. The van der Waals surface area contributed by atoms with Crippen LogP contribution in [0.3, 0.4) is 0 Å². The van der Waals surface area contributed by atoms with Gasteiger partial charge in [0.15, 0.2) is 0 Å². The van der Waals surface area contributed by atoms with Crippen LogP contribution in [0, 0.1) is 18.3 Å². The molecule has 0 aliphatic rings. The maximum atomic E-state index is 12.3. The zero-order chi connectivity index (χ0) is 18.4. The van der Waals surface area contributed by atoms with Crippen LogP contribution < -0.4 is 5.32 Å². The molecule has 1 heterocycles. The van der Waals surface area contributed by atoms with Crippen LogP contribution in [0.4, 0.5) is 0 Å². The number of nitriles is 1. The number of nitrogens with one attached hydrogen (secondary N) is 1. The third kappa shape index (κ3) is 3.95. The van der Waals surface area contributed by atoms with Crippen molar-refractivity contribution in [3.63, 3.8) is 0 Å². The van der Waals surface area contributed by atoms with E-state index >= 15 is 0 Å². The fourth-order valence-electron chi connectivity index (χ4n) is 2.78. The molecule has 6 heteroatoms. The summed E-state index contributed by atoms with van der Waals surface area (Å²) >= 11 is 0. The first-order valence-electron chi connectivity index (χ1n) is 8.38. The predicted molar refractivity (Wildman–Crippen MR) is 97.4 cm³/mol. The largest absolute Gasteiger partial charge is 0.337 e. The summed E-state index contributed by atoms with van der Waals surface area (Å²) in [5.74, 6) is 0.512. The first-order valence-corrected chi connectivity index (χ1v) is 8.38. The Bertz CT molecular complexity index is 927. The molecule has 0 aliphatic heterocycles. The highest BCUT2D eigenvalue weighted by molar-refractivity contribution is 5.77. The molecule has 1 aromatic heterocycles. The molecule has 1 N–H and O–H groups in total. The molecule has 0 radical (unpaired) electrons. The average molecular weight is 345 g/mol. The van der Waals surface area contributed by atoms with Crippen LogP contribution >= 0.6 is 0 Å². The second-order valence-electron chi connectivity index (χ2n) is 5.94. The molecule has 3 aromatic rings. The van der Waals surface area contributed by atoms with Crippen molar-refractivity contribution >= 4 is 5.91 Å². The first-order chi connectivity index (χ1) is 12.7. The number of aryl methyl sites for hydroxylation is 2. The number of hydrogen-bond donors (Lipinski definition) is 1. The summed E-state index contributed by atoms with van der Waals surface area (Å²) in [5, 5.41) is 20.2. The van der Waals surface area contributed by atoms with Gasteiger partial charge < -0.3 is 5.32 Å². The van der Waals surface area contributed by atoms with Crippen LogP contribution in [0.2, 0.25) is 0 Å². The third-order valence-electron chi connectivity index (χ3n) is 4.16. The number of carbonyl (C=O) groups is 1. The molecule has 0 aliphatic carbocycles. The lowest BCUT2D eigenvalue weighted by Gasteiger charge is -2.14. The van der Waals surface area contributed by atoms with Gasteiger partial charge in [-0.15, -0.1) is 10.2 Å². The minimum Gasteiger partial charge on any atom is -0.337 e. The zero-order valence-electron chi connectivity index (χ0n) is 14.5. The van der Waals surface area contributed by atoms with E-state index in [1.165, 1.54) is 0 Å². The summed E-state index contributed by atoms with van der Waals surface area (Å²) in [7, 11) is 0. The second kappa shape index (κ2) is 8.08. The first kappa shape index (κ1) is 17.4. The van der Waals surface area contributed by atoms with Crippen LogP contribution in [0.5, 0.6) is 0 Å². The van der Waals surface area contributed by atoms with E-state index in [0.29, 0.717) is 12.2 Å². The summed E-state index contributed by atoms with van der Waals surface area (Å²) in [6.45, 7) is 1.92. The quantitative estimate of drug-likeness (QED) is 0.744. The van der Waals surface area contributed by atoms with Crippen LogP contribution in [0.25, 0.3) is 5.69 Å². The van der Waals surface area contributed by atoms with E-state index in [1.54, 1.807) is 6.33 Å². The maximum Gasteiger partial charge on any atom is 0.221 e. The molecule has 0 saturated carbocycles. The van der Waals surface area contributed by atoms with Gasteiger partial charge in [-0.3, -0.25) is 9.36 Å². The van der Waals surface area contributed by atoms with Gasteiger partial charge in [-0.1, -0.05) is 42.5 Å². The highest BCUT2D eigenvalue weighted by Gasteiger charge is 2.16. The van der Waals surface area contributed by atoms with E-state index in [-0.39, 0.29) is 12.3 Å². The summed E-state index contributed by atoms with van der Waals surface area (Å²) < 4.78 is 1.86. The van der Waals surface area contributed by atoms with E-state index in [9.17, 15) is 10.1 Å². The fourth-order valence-corrected chi connectivity index (χ4v) is 2.78. The summed E-state index contributed by atoms with van der Waals surface area (Å²) in [5.41, 5.74) is 2.74. The number of benzene rings is 2. The van der Waals surface area contributed by atoms with E-state index in [4.69, 9.17) is 0 Å². The molecule has 2 aromatic carbocycles. The Morgan fingerprint density at radius 3 is 2.65 bits per heavy atom. The van der Waals surface area contributed by atoms with Crippen molar-refractivity contribution in [3.8, 4) is 11.8 Å². The van der Waals surface area contributed by atoms with Gasteiger partial charge in [0.2, 0.25) is 5.91 Å². The number of nitrogens with zero attached hydrogens (tertiary/aromatic N) is 4. The van der Waals surface area contributed by atoms with Gasteiger partial charge >= 0.3 is 0 Å². The van der Waals surface area contributed by atoms with E-state index in [0.717, 1.165) is 16.8 Å². The number of rotatable bonds is 6. The minimum atomic E-state index is -0.657. The Kier molecular flexibility index (Phi) is 5.40. The Balaban J connectivity index is 1.64. The number of hydrogen-bond acceptors (Lipinski definition) is 4. The molecule has 0 spiro atoms. The lowest BCUT2D eigenvalue weighted by atomic mass is 10.0. The molecule has 6 nitrogen and oxygen atoms in total. The molecule has 1 atom stereocenters. The molecule has 0 fully saturated rings. The summed E-state index contributed by atoms with van der Waals surface area (Å²) in [6.07, 6.45) is 2.30. The standard InChI is InChI=1S/C20H19N5O/c1-15-7-5-6-10-17(15)18(13-21)23-20(26)12-11-19-24-22-14-25(19)16-8-3-2-4-9-16/h2-10,14,18H,11-12H2,1H3,(H,23,26)/t18-/m1/s1. The molecule has 26 heavy (non-hydrogen) atoms. The Labute approximate surface area is 152 Å². The van der Waals surface area contributed by atoms with Gasteiger partial charge in [0.1, 0.15) is 18.2 Å². The molecular weight excluding hydrogens is 326 g/mol. The topological polar surface area (TPSA) is 83.6 Å². The van der Waals surface area contributed by atoms with Crippen LogP contribution in [-0.2, 0) is 11.2 Å². The van der Waals surface area contributed by atoms with Crippen molar-refractivity contribution < 1.29 is 4.79 Å². The molecule has 0 saturated heterocycles.